The number of hydrogen-bond acceptors (Lipinski definition) is 7. The van der Waals surface area contributed by atoms with Crippen molar-refractivity contribution >= 4 is 29.7 Å². The first-order valence-corrected chi connectivity index (χ1v) is 11.3. The molecule has 0 heterocycles. The average molecular weight is 495 g/mol. The molecule has 0 aliphatic carbocycles. The van der Waals surface area contributed by atoms with Gasteiger partial charge in [-0.05, 0) is 17.9 Å². The molecule has 5 unspecified atom stereocenters. The van der Waals surface area contributed by atoms with Crippen molar-refractivity contribution < 1.29 is 39.3 Å². The third kappa shape index (κ3) is 10.1. The van der Waals surface area contributed by atoms with Crippen LogP contribution in [0.2, 0.25) is 0 Å². The Morgan fingerprint density at radius 2 is 1.43 bits per heavy atom. The first kappa shape index (κ1) is 29.5. The largest absolute Gasteiger partial charge is 0.481 e. The van der Waals surface area contributed by atoms with E-state index in [9.17, 15) is 34.2 Å². The Morgan fingerprint density at radius 3 is 1.94 bits per heavy atom. The summed E-state index contributed by atoms with van der Waals surface area (Å²) in [5.41, 5.74) is 6.69. The number of aliphatic hydroxyl groups is 1. The highest BCUT2D eigenvalue weighted by Crippen LogP contribution is 2.08. The molecule has 0 radical (unpaired) electrons. The van der Waals surface area contributed by atoms with E-state index in [0.717, 1.165) is 5.56 Å². The van der Waals surface area contributed by atoms with E-state index >= 15 is 0 Å². The molecule has 194 valence electrons. The van der Waals surface area contributed by atoms with Crippen LogP contribution in [0.3, 0.4) is 0 Å². The predicted octanol–water partition coefficient (Wildman–Crippen LogP) is -1.00. The van der Waals surface area contributed by atoms with E-state index in [-0.39, 0.29) is 18.8 Å². The quantitative estimate of drug-likeness (QED) is 0.159. The third-order valence-corrected chi connectivity index (χ3v) is 5.55. The first-order chi connectivity index (χ1) is 16.5. The zero-order valence-corrected chi connectivity index (χ0v) is 19.8. The van der Waals surface area contributed by atoms with Crippen LogP contribution in [0.15, 0.2) is 30.3 Å². The molecule has 35 heavy (non-hydrogen) atoms. The Bertz CT molecular complexity index is 880. The lowest BCUT2D eigenvalue weighted by molar-refractivity contribution is -0.143. The fourth-order valence-electron chi connectivity index (χ4n) is 3.10. The minimum absolute atomic E-state index is 0.0712. The molecular weight excluding hydrogens is 460 g/mol. The van der Waals surface area contributed by atoms with Crippen LogP contribution >= 0.6 is 0 Å². The van der Waals surface area contributed by atoms with Gasteiger partial charge in [0, 0.05) is 12.8 Å². The van der Waals surface area contributed by atoms with Crippen molar-refractivity contribution in [1.29, 1.82) is 0 Å². The fourth-order valence-corrected chi connectivity index (χ4v) is 3.10. The molecule has 0 saturated carbocycles. The van der Waals surface area contributed by atoms with Crippen molar-refractivity contribution in [3.8, 4) is 0 Å². The Labute approximate surface area is 203 Å². The second-order valence-electron chi connectivity index (χ2n) is 8.24. The molecule has 1 aromatic rings. The zero-order valence-electron chi connectivity index (χ0n) is 19.8. The van der Waals surface area contributed by atoms with Gasteiger partial charge in [-0.15, -0.1) is 0 Å². The summed E-state index contributed by atoms with van der Waals surface area (Å²) >= 11 is 0. The molecule has 5 atom stereocenters. The summed E-state index contributed by atoms with van der Waals surface area (Å²) in [5, 5.41) is 34.6. The summed E-state index contributed by atoms with van der Waals surface area (Å²) in [7, 11) is 0. The number of aliphatic hydroxyl groups excluding tert-OH is 1. The van der Waals surface area contributed by atoms with E-state index < -0.39 is 66.9 Å². The molecule has 12 heteroatoms. The normalized spacial score (nSPS) is 15.1. The maximum atomic E-state index is 13.0. The van der Waals surface area contributed by atoms with Crippen LogP contribution in [-0.2, 0) is 30.4 Å². The summed E-state index contributed by atoms with van der Waals surface area (Å²) in [5.74, 6) is -5.21. The number of carboxylic acids is 2. The number of aliphatic carboxylic acids is 2. The van der Waals surface area contributed by atoms with E-state index in [2.05, 4.69) is 16.0 Å². The smallest absolute Gasteiger partial charge is 0.326 e. The van der Waals surface area contributed by atoms with Crippen LogP contribution < -0.4 is 21.7 Å². The van der Waals surface area contributed by atoms with Crippen molar-refractivity contribution in [2.75, 3.05) is 6.61 Å². The van der Waals surface area contributed by atoms with Crippen LogP contribution in [-0.4, -0.2) is 75.8 Å². The monoisotopic (exact) mass is 494 g/mol. The third-order valence-electron chi connectivity index (χ3n) is 5.55. The van der Waals surface area contributed by atoms with Crippen LogP contribution in [0.5, 0.6) is 0 Å². The highest BCUT2D eigenvalue weighted by molar-refractivity contribution is 5.94. The van der Waals surface area contributed by atoms with E-state index in [1.165, 1.54) is 0 Å². The zero-order chi connectivity index (χ0) is 26.5. The van der Waals surface area contributed by atoms with E-state index in [0.29, 0.717) is 6.42 Å². The molecule has 0 bridgehead atoms. The topological polar surface area (TPSA) is 208 Å². The van der Waals surface area contributed by atoms with E-state index in [1.54, 1.807) is 37.3 Å². The Morgan fingerprint density at radius 1 is 0.886 bits per heavy atom. The number of hydrogen-bond donors (Lipinski definition) is 7. The van der Waals surface area contributed by atoms with Gasteiger partial charge in [0.25, 0.3) is 0 Å². The standard InChI is InChI=1S/C23H34N4O8/c1-3-13(2)19(24)22(33)26-16(11-14-7-5-4-6-8-14)20(31)27-17(12-28)21(32)25-15(23(34)35)9-10-18(29)30/h4-8,13,15-17,19,28H,3,9-12,24H2,1-2H3,(H,25,32)(H,26,33)(H,27,31)(H,29,30)(H,34,35). The van der Waals surface area contributed by atoms with Gasteiger partial charge in [-0.25, -0.2) is 4.79 Å². The minimum atomic E-state index is -1.53. The number of carbonyl (C=O) groups is 5. The number of carbonyl (C=O) groups excluding carboxylic acids is 3. The van der Waals surface area contributed by atoms with Crippen LogP contribution in [0.4, 0.5) is 0 Å². The van der Waals surface area contributed by atoms with Gasteiger partial charge < -0.3 is 37.0 Å². The number of amides is 3. The molecular formula is C23H34N4O8. The molecule has 0 aliphatic rings. The Kier molecular flexibility index (Phi) is 12.4. The molecule has 0 aliphatic heterocycles. The van der Waals surface area contributed by atoms with Gasteiger partial charge in [-0.2, -0.15) is 0 Å². The number of rotatable bonds is 15. The summed E-state index contributed by atoms with van der Waals surface area (Å²) in [6, 6.07) is 3.72. The molecule has 0 fully saturated rings. The van der Waals surface area contributed by atoms with E-state index in [1.807, 2.05) is 6.92 Å². The maximum absolute atomic E-state index is 13.0. The van der Waals surface area contributed by atoms with Crippen LogP contribution in [0.25, 0.3) is 0 Å². The van der Waals surface area contributed by atoms with Crippen molar-refractivity contribution in [2.45, 2.75) is 63.7 Å². The van der Waals surface area contributed by atoms with Gasteiger partial charge in [0.05, 0.1) is 12.6 Å². The van der Waals surface area contributed by atoms with Crippen molar-refractivity contribution in [2.24, 2.45) is 11.7 Å². The Hall–Kier alpha value is -3.51. The molecule has 12 nitrogen and oxygen atoms in total. The van der Waals surface area contributed by atoms with Crippen molar-refractivity contribution in [1.82, 2.24) is 16.0 Å². The van der Waals surface area contributed by atoms with Crippen molar-refractivity contribution in [3.63, 3.8) is 0 Å². The molecule has 1 rings (SSSR count). The lowest BCUT2D eigenvalue weighted by Crippen LogP contribution is -2.59. The van der Waals surface area contributed by atoms with Crippen LogP contribution in [0, 0.1) is 5.92 Å². The molecule has 3 amide bonds. The predicted molar refractivity (Wildman–Crippen MR) is 125 cm³/mol. The maximum Gasteiger partial charge on any atom is 0.326 e. The van der Waals surface area contributed by atoms with E-state index in [4.69, 9.17) is 10.8 Å². The van der Waals surface area contributed by atoms with Gasteiger partial charge in [-0.3, -0.25) is 19.2 Å². The number of benzene rings is 1. The highest BCUT2D eigenvalue weighted by Gasteiger charge is 2.31. The lowest BCUT2D eigenvalue weighted by Gasteiger charge is -2.25. The van der Waals surface area contributed by atoms with Gasteiger partial charge in [0.1, 0.15) is 18.1 Å². The van der Waals surface area contributed by atoms with Gasteiger partial charge >= 0.3 is 11.9 Å². The molecule has 1 aromatic carbocycles. The molecule has 8 N–H and O–H groups in total. The van der Waals surface area contributed by atoms with Gasteiger partial charge in [-0.1, -0.05) is 50.6 Å². The SMILES string of the molecule is CCC(C)C(N)C(=O)NC(Cc1ccccc1)C(=O)NC(CO)C(=O)NC(CCC(=O)O)C(=O)O. The first-order valence-electron chi connectivity index (χ1n) is 11.3. The van der Waals surface area contributed by atoms with Gasteiger partial charge in [0.2, 0.25) is 17.7 Å². The number of nitrogens with two attached hydrogens (primary N) is 1. The lowest BCUT2D eigenvalue weighted by atomic mass is 9.98. The number of carboxylic acid groups (broad SMARTS) is 2. The summed E-state index contributed by atoms with van der Waals surface area (Å²) in [4.78, 5) is 60.2. The highest BCUT2D eigenvalue weighted by atomic mass is 16.4. The summed E-state index contributed by atoms with van der Waals surface area (Å²) < 4.78 is 0. The molecule has 0 saturated heterocycles. The Balaban J connectivity index is 2.98. The van der Waals surface area contributed by atoms with Gasteiger partial charge in [0.15, 0.2) is 0 Å². The minimum Gasteiger partial charge on any atom is -0.481 e. The second kappa shape index (κ2) is 14.7. The number of nitrogens with one attached hydrogen (secondary N) is 3. The molecule has 0 spiro atoms. The summed E-state index contributed by atoms with van der Waals surface area (Å²) in [6.45, 7) is 2.81. The average Bonchev–Trinajstić information content (AvgIpc) is 2.83. The second-order valence-corrected chi connectivity index (χ2v) is 8.24. The van der Waals surface area contributed by atoms with Crippen molar-refractivity contribution in [3.05, 3.63) is 35.9 Å². The fraction of sp³-hybridized carbons (Fsp3) is 0.522. The molecule has 0 aromatic heterocycles. The van der Waals surface area contributed by atoms with Crippen LogP contribution in [0.1, 0.15) is 38.7 Å². The summed E-state index contributed by atoms with van der Waals surface area (Å²) in [6.07, 6.45) is -0.178.